The van der Waals surface area contributed by atoms with Gasteiger partial charge in [0.2, 0.25) is 0 Å². The van der Waals surface area contributed by atoms with Crippen molar-refractivity contribution in [1.29, 1.82) is 0 Å². The first kappa shape index (κ1) is 14.3. The summed E-state index contributed by atoms with van der Waals surface area (Å²) in [5.74, 6) is 0.596. The molecule has 0 saturated carbocycles. The number of aromatic nitrogens is 1. The van der Waals surface area contributed by atoms with Crippen LogP contribution in [0.2, 0.25) is 5.02 Å². The van der Waals surface area contributed by atoms with E-state index in [1.54, 1.807) is 0 Å². The van der Waals surface area contributed by atoms with Crippen LogP contribution in [-0.2, 0) is 6.61 Å². The second-order valence-corrected chi connectivity index (χ2v) is 6.11. The summed E-state index contributed by atoms with van der Waals surface area (Å²) >= 11 is 6.30. The molecule has 0 amide bonds. The summed E-state index contributed by atoms with van der Waals surface area (Å²) in [7, 11) is 0. The molecule has 1 aliphatic heterocycles. The van der Waals surface area contributed by atoms with Gasteiger partial charge in [0.25, 0.3) is 0 Å². The number of fused-ring (bicyclic) bond motifs is 5. The molecule has 0 aliphatic carbocycles. The zero-order valence-corrected chi connectivity index (χ0v) is 13.5. The van der Waals surface area contributed by atoms with Gasteiger partial charge in [-0.25, -0.2) is 4.79 Å². The van der Waals surface area contributed by atoms with Crippen LogP contribution in [0.3, 0.4) is 0 Å². The van der Waals surface area contributed by atoms with Crippen molar-refractivity contribution >= 4 is 22.6 Å². The summed E-state index contributed by atoms with van der Waals surface area (Å²) in [5, 5.41) is 4.82. The maximum absolute atomic E-state index is 12.4. The Kier molecular flexibility index (Phi) is 2.99. The van der Waals surface area contributed by atoms with E-state index in [1.165, 1.54) is 6.26 Å². The van der Waals surface area contributed by atoms with Crippen LogP contribution in [0.15, 0.2) is 62.5 Å². The molecule has 0 saturated heterocycles. The van der Waals surface area contributed by atoms with E-state index >= 15 is 0 Å². The van der Waals surface area contributed by atoms with Gasteiger partial charge in [0.15, 0.2) is 5.58 Å². The van der Waals surface area contributed by atoms with Crippen molar-refractivity contribution in [3.8, 4) is 28.1 Å². The predicted molar refractivity (Wildman–Crippen MR) is 92.8 cm³/mol. The Morgan fingerprint density at radius 1 is 1.04 bits per heavy atom. The highest BCUT2D eigenvalue weighted by Gasteiger charge is 2.27. The number of hydrogen-bond donors (Lipinski definition) is 0. The van der Waals surface area contributed by atoms with Crippen molar-refractivity contribution in [3.63, 3.8) is 0 Å². The molecule has 5 rings (SSSR count). The molecule has 25 heavy (non-hydrogen) atoms. The van der Waals surface area contributed by atoms with Gasteiger partial charge in [-0.15, -0.1) is 0 Å². The van der Waals surface area contributed by atoms with E-state index < -0.39 is 5.63 Å². The summed E-state index contributed by atoms with van der Waals surface area (Å²) in [6.07, 6.45) is 1.53. The highest BCUT2D eigenvalue weighted by atomic mass is 35.5. The molecule has 6 heteroatoms. The monoisotopic (exact) mass is 351 g/mol. The first-order chi connectivity index (χ1) is 12.2. The zero-order chi connectivity index (χ0) is 17.0. The molecule has 122 valence electrons. The third-order valence-electron chi connectivity index (χ3n) is 4.31. The van der Waals surface area contributed by atoms with Gasteiger partial charge in [0.1, 0.15) is 29.3 Å². The van der Waals surface area contributed by atoms with E-state index in [0.29, 0.717) is 40.1 Å². The highest BCUT2D eigenvalue weighted by Crippen LogP contribution is 2.44. The van der Waals surface area contributed by atoms with Crippen LogP contribution in [-0.4, -0.2) is 5.16 Å². The van der Waals surface area contributed by atoms with Crippen molar-refractivity contribution in [2.24, 2.45) is 0 Å². The molecule has 0 N–H and O–H groups in total. The Morgan fingerprint density at radius 2 is 1.88 bits per heavy atom. The molecule has 0 fully saturated rings. The van der Waals surface area contributed by atoms with Gasteiger partial charge in [-0.05, 0) is 17.7 Å². The van der Waals surface area contributed by atoms with Gasteiger partial charge in [-0.2, -0.15) is 0 Å². The van der Waals surface area contributed by atoms with E-state index in [4.69, 9.17) is 25.3 Å². The van der Waals surface area contributed by atoms with Crippen molar-refractivity contribution in [2.75, 3.05) is 0 Å². The van der Waals surface area contributed by atoms with Crippen LogP contribution < -0.4 is 10.4 Å². The van der Waals surface area contributed by atoms with Crippen LogP contribution in [0.25, 0.3) is 33.4 Å². The van der Waals surface area contributed by atoms with Crippen LogP contribution in [0, 0.1) is 0 Å². The van der Waals surface area contributed by atoms with Crippen LogP contribution in [0.4, 0.5) is 0 Å². The minimum absolute atomic E-state index is 0.0516. The van der Waals surface area contributed by atoms with E-state index in [1.807, 2.05) is 42.5 Å². The lowest BCUT2D eigenvalue weighted by Gasteiger charge is -2.18. The normalized spacial score (nSPS) is 12.5. The van der Waals surface area contributed by atoms with Crippen molar-refractivity contribution in [2.45, 2.75) is 6.61 Å². The van der Waals surface area contributed by atoms with Crippen LogP contribution >= 0.6 is 11.6 Å². The van der Waals surface area contributed by atoms with Crippen LogP contribution in [0.1, 0.15) is 5.56 Å². The molecule has 0 radical (unpaired) electrons. The molecule has 0 bridgehead atoms. The first-order valence-electron chi connectivity index (χ1n) is 7.65. The van der Waals surface area contributed by atoms with Gasteiger partial charge in [-0.3, -0.25) is 0 Å². The average Bonchev–Trinajstić information content (AvgIpc) is 3.12. The van der Waals surface area contributed by atoms with Gasteiger partial charge in [0.05, 0.1) is 11.1 Å². The number of nitrogens with zero attached hydrogens (tertiary/aromatic N) is 1. The highest BCUT2D eigenvalue weighted by molar-refractivity contribution is 6.34. The SMILES string of the molecule is O=c1oc2c3c(ccc2c(-c2ccccc2)c1Cl)OCc1conc1-3. The summed E-state index contributed by atoms with van der Waals surface area (Å²) in [5.41, 5.74) is 3.29. The second-order valence-electron chi connectivity index (χ2n) is 5.74. The van der Waals surface area contributed by atoms with Gasteiger partial charge in [0, 0.05) is 10.9 Å². The van der Waals surface area contributed by atoms with E-state index in [-0.39, 0.29) is 5.02 Å². The predicted octanol–water partition coefficient (Wildman–Crippen LogP) is 4.66. The molecule has 0 unspecified atom stereocenters. The molecule has 4 aromatic rings. The summed E-state index contributed by atoms with van der Waals surface area (Å²) < 4.78 is 16.3. The fourth-order valence-electron chi connectivity index (χ4n) is 3.18. The minimum atomic E-state index is -0.600. The van der Waals surface area contributed by atoms with Crippen molar-refractivity contribution in [3.05, 3.63) is 69.7 Å². The lowest BCUT2D eigenvalue weighted by atomic mass is 9.96. The van der Waals surface area contributed by atoms with Gasteiger partial charge >= 0.3 is 5.63 Å². The van der Waals surface area contributed by atoms with Gasteiger partial charge in [-0.1, -0.05) is 47.1 Å². The molecular weight excluding hydrogens is 342 g/mol. The zero-order valence-electron chi connectivity index (χ0n) is 12.8. The molecule has 0 atom stereocenters. The van der Waals surface area contributed by atoms with Crippen LogP contribution in [0.5, 0.6) is 5.75 Å². The molecule has 2 aromatic carbocycles. The lowest BCUT2D eigenvalue weighted by Crippen LogP contribution is -2.07. The van der Waals surface area contributed by atoms with Gasteiger partial charge < -0.3 is 13.7 Å². The fraction of sp³-hybridized carbons (Fsp3) is 0.0526. The molecule has 2 aromatic heterocycles. The largest absolute Gasteiger partial charge is 0.488 e. The average molecular weight is 352 g/mol. The Bertz CT molecular complexity index is 1180. The Morgan fingerprint density at radius 3 is 2.72 bits per heavy atom. The minimum Gasteiger partial charge on any atom is -0.488 e. The Labute approximate surface area is 146 Å². The standard InChI is InChI=1S/C19H10ClNO4/c20-16-14(10-4-2-1-3-5-10)12-6-7-13-15(18(12)25-19(16)22)17-11(8-23-13)9-24-21-17/h1-7,9H,8H2. The third kappa shape index (κ3) is 2.03. The Balaban J connectivity index is 1.94. The lowest BCUT2D eigenvalue weighted by molar-refractivity contribution is 0.301. The number of rotatable bonds is 1. The maximum Gasteiger partial charge on any atom is 0.355 e. The second kappa shape index (κ2) is 5.22. The molecular formula is C19H10ClNO4. The van der Waals surface area contributed by atoms with E-state index in [9.17, 15) is 4.79 Å². The summed E-state index contributed by atoms with van der Waals surface area (Å²) in [6, 6.07) is 13.2. The number of hydrogen-bond acceptors (Lipinski definition) is 5. The van der Waals surface area contributed by atoms with E-state index in [2.05, 4.69) is 5.16 Å². The van der Waals surface area contributed by atoms with Crippen molar-refractivity contribution in [1.82, 2.24) is 5.16 Å². The maximum atomic E-state index is 12.4. The van der Waals surface area contributed by atoms with E-state index in [0.717, 1.165) is 11.1 Å². The molecule has 1 aliphatic rings. The molecule has 0 spiro atoms. The number of ether oxygens (including phenoxy) is 1. The smallest absolute Gasteiger partial charge is 0.355 e. The third-order valence-corrected chi connectivity index (χ3v) is 4.65. The molecule has 3 heterocycles. The quantitative estimate of drug-likeness (QED) is 0.466. The summed E-state index contributed by atoms with van der Waals surface area (Å²) in [6.45, 7) is 0.362. The first-order valence-corrected chi connectivity index (χ1v) is 8.03. The number of benzene rings is 2. The molecule has 5 nitrogen and oxygen atoms in total. The fourth-order valence-corrected chi connectivity index (χ4v) is 3.43. The topological polar surface area (TPSA) is 65.5 Å². The van der Waals surface area contributed by atoms with Crippen molar-refractivity contribution < 1.29 is 13.7 Å². The summed E-state index contributed by atoms with van der Waals surface area (Å²) in [4.78, 5) is 12.4. The number of halogens is 1. The Hall–Kier alpha value is -3.05.